The number of para-hydroxylation sites is 1. The van der Waals surface area contributed by atoms with Crippen LogP contribution in [0.4, 0.5) is 0 Å². The zero-order valence-corrected chi connectivity index (χ0v) is 13.2. The summed E-state index contributed by atoms with van der Waals surface area (Å²) in [5, 5.41) is 0.793. The highest BCUT2D eigenvalue weighted by Gasteiger charge is 2.27. The van der Waals surface area contributed by atoms with Crippen LogP contribution in [0.15, 0.2) is 33.5 Å². The topological polar surface area (TPSA) is 76.5 Å². The largest absolute Gasteiger partial charge is 0.422 e. The lowest BCUT2D eigenvalue weighted by atomic mass is 10.0. The summed E-state index contributed by atoms with van der Waals surface area (Å²) >= 11 is 0. The van der Waals surface area contributed by atoms with Crippen LogP contribution in [-0.2, 0) is 0 Å². The fourth-order valence-electron chi connectivity index (χ4n) is 2.90. The van der Waals surface area contributed by atoms with E-state index in [1.165, 1.54) is 0 Å². The zero-order valence-electron chi connectivity index (χ0n) is 12.4. The van der Waals surface area contributed by atoms with Gasteiger partial charge < -0.3 is 15.1 Å². The second-order valence-electron chi connectivity index (χ2n) is 5.54. The highest BCUT2D eigenvalue weighted by Crippen LogP contribution is 2.21. The lowest BCUT2D eigenvalue weighted by Crippen LogP contribution is -2.46. The Kier molecular flexibility index (Phi) is 4.88. The Balaban J connectivity index is 0.00000176. The maximum absolute atomic E-state index is 12.6. The maximum atomic E-state index is 12.6. The first-order valence-corrected chi connectivity index (χ1v) is 7.15. The summed E-state index contributed by atoms with van der Waals surface area (Å²) in [4.78, 5) is 26.5. The molecular formula is C16H19ClN2O3. The second-order valence-corrected chi connectivity index (χ2v) is 5.54. The van der Waals surface area contributed by atoms with Gasteiger partial charge in [-0.15, -0.1) is 12.4 Å². The minimum Gasteiger partial charge on any atom is -0.422 e. The van der Waals surface area contributed by atoms with Crippen LogP contribution in [0.25, 0.3) is 11.0 Å². The molecule has 0 radical (unpaired) electrons. The van der Waals surface area contributed by atoms with Gasteiger partial charge in [0.1, 0.15) is 11.1 Å². The molecule has 2 N–H and O–H groups in total. The van der Waals surface area contributed by atoms with Crippen molar-refractivity contribution in [3.8, 4) is 0 Å². The molecule has 22 heavy (non-hydrogen) atoms. The van der Waals surface area contributed by atoms with Crippen LogP contribution in [0, 0.1) is 6.92 Å². The van der Waals surface area contributed by atoms with Gasteiger partial charge >= 0.3 is 5.63 Å². The van der Waals surface area contributed by atoms with E-state index in [0.29, 0.717) is 24.2 Å². The van der Waals surface area contributed by atoms with Crippen molar-refractivity contribution in [1.82, 2.24) is 4.90 Å². The molecule has 0 aliphatic carbocycles. The number of aryl methyl sites for hydroxylation is 1. The molecule has 1 amide bonds. The Labute approximate surface area is 134 Å². The van der Waals surface area contributed by atoms with Gasteiger partial charge in [-0.05, 0) is 31.4 Å². The fraction of sp³-hybridized carbons (Fsp3) is 0.375. The number of amides is 1. The zero-order chi connectivity index (χ0) is 15.0. The molecule has 3 rings (SSSR count). The summed E-state index contributed by atoms with van der Waals surface area (Å²) in [5.41, 5.74) is 6.64. The highest BCUT2D eigenvalue weighted by molar-refractivity contribution is 5.99. The van der Waals surface area contributed by atoms with Crippen LogP contribution in [0.2, 0.25) is 0 Å². The van der Waals surface area contributed by atoms with E-state index in [1.54, 1.807) is 24.0 Å². The van der Waals surface area contributed by atoms with Gasteiger partial charge in [0, 0.05) is 24.5 Å². The maximum Gasteiger partial charge on any atom is 0.349 e. The molecule has 118 valence electrons. The predicted molar refractivity (Wildman–Crippen MR) is 87.6 cm³/mol. The van der Waals surface area contributed by atoms with Crippen LogP contribution >= 0.6 is 12.4 Å². The lowest BCUT2D eigenvalue weighted by molar-refractivity contribution is 0.0704. The average Bonchev–Trinajstić information content (AvgIpc) is 2.47. The third-order valence-corrected chi connectivity index (χ3v) is 4.03. The van der Waals surface area contributed by atoms with Crippen LogP contribution in [-0.4, -0.2) is 29.9 Å². The van der Waals surface area contributed by atoms with Gasteiger partial charge in [0.25, 0.3) is 5.91 Å². The lowest BCUT2D eigenvalue weighted by Gasteiger charge is -2.30. The molecule has 0 bridgehead atoms. The van der Waals surface area contributed by atoms with E-state index < -0.39 is 5.63 Å². The molecule has 0 spiro atoms. The van der Waals surface area contributed by atoms with Gasteiger partial charge in [0.2, 0.25) is 0 Å². The van der Waals surface area contributed by atoms with Crippen molar-refractivity contribution in [2.75, 3.05) is 13.1 Å². The number of hydrogen-bond donors (Lipinski definition) is 1. The monoisotopic (exact) mass is 322 g/mol. The molecule has 0 saturated carbocycles. The van der Waals surface area contributed by atoms with Crippen molar-refractivity contribution < 1.29 is 9.21 Å². The molecule has 1 atom stereocenters. The van der Waals surface area contributed by atoms with Crippen LogP contribution in [0.5, 0.6) is 0 Å². The molecule has 6 heteroatoms. The molecule has 1 aromatic heterocycles. The van der Waals surface area contributed by atoms with Crippen molar-refractivity contribution in [2.45, 2.75) is 25.8 Å². The Hall–Kier alpha value is -1.85. The van der Waals surface area contributed by atoms with Crippen molar-refractivity contribution in [2.24, 2.45) is 5.73 Å². The summed E-state index contributed by atoms with van der Waals surface area (Å²) in [6.07, 6.45) is 1.78. The Morgan fingerprint density at radius 1 is 1.36 bits per heavy atom. The summed E-state index contributed by atoms with van der Waals surface area (Å²) in [5.74, 6) is -0.276. The molecule has 2 aromatic rings. The minimum atomic E-state index is -0.574. The number of nitrogens with two attached hydrogens (primary N) is 1. The molecule has 1 saturated heterocycles. The van der Waals surface area contributed by atoms with E-state index in [0.717, 1.165) is 18.2 Å². The number of fused-ring (bicyclic) bond motifs is 1. The third-order valence-electron chi connectivity index (χ3n) is 4.03. The quantitative estimate of drug-likeness (QED) is 0.816. The van der Waals surface area contributed by atoms with Gasteiger partial charge in [0.05, 0.1) is 0 Å². The summed E-state index contributed by atoms with van der Waals surface area (Å²) in [6, 6.07) is 7.23. The third kappa shape index (κ3) is 2.87. The van der Waals surface area contributed by atoms with Gasteiger partial charge in [-0.25, -0.2) is 4.79 Å². The molecular weight excluding hydrogens is 304 g/mol. The molecule has 5 nitrogen and oxygen atoms in total. The van der Waals surface area contributed by atoms with E-state index in [1.807, 2.05) is 12.1 Å². The molecule has 1 aromatic carbocycles. The van der Waals surface area contributed by atoms with Gasteiger partial charge in [-0.3, -0.25) is 4.79 Å². The summed E-state index contributed by atoms with van der Waals surface area (Å²) in [7, 11) is 0. The van der Waals surface area contributed by atoms with Crippen molar-refractivity contribution >= 4 is 29.3 Å². The number of benzene rings is 1. The van der Waals surface area contributed by atoms with Crippen LogP contribution in [0.3, 0.4) is 0 Å². The summed E-state index contributed by atoms with van der Waals surface area (Å²) in [6.45, 7) is 2.92. The standard InChI is InChI=1S/C16H18N2O3.ClH/c1-10-12-6-2-3-7-13(12)21-16(20)14(10)15(19)18-8-4-5-11(17)9-18;/h2-3,6-7,11H,4-5,8-9,17H2,1H3;1H. The van der Waals surface area contributed by atoms with E-state index >= 15 is 0 Å². The second kappa shape index (κ2) is 6.50. The number of piperidine rings is 1. The normalized spacial score (nSPS) is 18.1. The Morgan fingerprint density at radius 2 is 2.09 bits per heavy atom. The number of likely N-dealkylation sites (tertiary alicyclic amines) is 1. The average molecular weight is 323 g/mol. The number of carbonyl (C=O) groups excluding carboxylic acids is 1. The van der Waals surface area contributed by atoms with Gasteiger partial charge in [0.15, 0.2) is 0 Å². The minimum absolute atomic E-state index is 0. The van der Waals surface area contributed by atoms with E-state index in [2.05, 4.69) is 0 Å². The first kappa shape index (κ1) is 16.5. The first-order valence-electron chi connectivity index (χ1n) is 7.15. The number of rotatable bonds is 1. The highest BCUT2D eigenvalue weighted by atomic mass is 35.5. The van der Waals surface area contributed by atoms with E-state index in [-0.39, 0.29) is 29.9 Å². The number of hydrogen-bond acceptors (Lipinski definition) is 4. The molecule has 1 aliphatic rings. The SMILES string of the molecule is Cc1c(C(=O)N2CCCC(N)C2)c(=O)oc2ccccc12.Cl. The molecule has 1 unspecified atom stereocenters. The first-order chi connectivity index (χ1) is 10.1. The summed E-state index contributed by atoms with van der Waals surface area (Å²) < 4.78 is 5.28. The number of halogens is 1. The number of carbonyl (C=O) groups is 1. The molecule has 2 heterocycles. The van der Waals surface area contributed by atoms with Crippen LogP contribution in [0.1, 0.15) is 28.8 Å². The Morgan fingerprint density at radius 3 is 2.82 bits per heavy atom. The Bertz CT molecular complexity index is 757. The fourth-order valence-corrected chi connectivity index (χ4v) is 2.90. The van der Waals surface area contributed by atoms with Crippen molar-refractivity contribution in [1.29, 1.82) is 0 Å². The number of nitrogens with zero attached hydrogens (tertiary/aromatic N) is 1. The van der Waals surface area contributed by atoms with Crippen molar-refractivity contribution in [3.05, 3.63) is 45.8 Å². The van der Waals surface area contributed by atoms with E-state index in [9.17, 15) is 9.59 Å². The van der Waals surface area contributed by atoms with Crippen molar-refractivity contribution in [3.63, 3.8) is 0 Å². The van der Waals surface area contributed by atoms with Gasteiger partial charge in [-0.2, -0.15) is 0 Å². The van der Waals surface area contributed by atoms with Crippen LogP contribution < -0.4 is 11.4 Å². The smallest absolute Gasteiger partial charge is 0.349 e. The van der Waals surface area contributed by atoms with Gasteiger partial charge in [-0.1, -0.05) is 18.2 Å². The predicted octanol–water partition coefficient (Wildman–Crippen LogP) is 2.09. The van der Waals surface area contributed by atoms with E-state index in [4.69, 9.17) is 10.2 Å². The molecule has 1 aliphatic heterocycles. The molecule has 1 fully saturated rings.